The molecular formula is C22H21FN2O2. The van der Waals surface area contributed by atoms with Crippen molar-refractivity contribution in [3.63, 3.8) is 0 Å². The van der Waals surface area contributed by atoms with Gasteiger partial charge in [0.1, 0.15) is 5.82 Å². The van der Waals surface area contributed by atoms with Crippen molar-refractivity contribution in [2.45, 2.75) is 13.5 Å². The van der Waals surface area contributed by atoms with Gasteiger partial charge < -0.3 is 10.0 Å². The first kappa shape index (κ1) is 18.7. The number of hydrogen-bond acceptors (Lipinski definition) is 3. The number of hydrogen-bond donors (Lipinski definition) is 1. The maximum Gasteiger partial charge on any atom is 0.256 e. The van der Waals surface area contributed by atoms with Gasteiger partial charge in [0.15, 0.2) is 0 Å². The molecule has 0 spiro atoms. The van der Waals surface area contributed by atoms with Crippen LogP contribution in [0.15, 0.2) is 66.9 Å². The van der Waals surface area contributed by atoms with Crippen molar-refractivity contribution >= 4 is 5.91 Å². The largest absolute Gasteiger partial charge is 0.395 e. The molecule has 0 bridgehead atoms. The van der Waals surface area contributed by atoms with E-state index in [1.807, 2.05) is 30.3 Å². The van der Waals surface area contributed by atoms with Gasteiger partial charge in [0.25, 0.3) is 5.91 Å². The van der Waals surface area contributed by atoms with Crippen LogP contribution < -0.4 is 0 Å². The number of carbonyl (C=O) groups excluding carboxylic acids is 1. The van der Waals surface area contributed by atoms with Crippen LogP contribution in [-0.2, 0) is 6.54 Å². The van der Waals surface area contributed by atoms with E-state index in [4.69, 9.17) is 0 Å². The van der Waals surface area contributed by atoms with Crippen LogP contribution in [0.1, 0.15) is 21.6 Å². The van der Waals surface area contributed by atoms with Gasteiger partial charge in [0.2, 0.25) is 0 Å². The monoisotopic (exact) mass is 364 g/mol. The fraction of sp³-hybridized carbons (Fsp3) is 0.182. The molecule has 0 radical (unpaired) electrons. The molecule has 138 valence electrons. The van der Waals surface area contributed by atoms with E-state index < -0.39 is 0 Å². The zero-order valence-corrected chi connectivity index (χ0v) is 15.1. The summed E-state index contributed by atoms with van der Waals surface area (Å²) in [4.78, 5) is 19.0. The molecule has 2 aromatic carbocycles. The minimum atomic E-state index is -0.376. The number of aliphatic hydroxyl groups is 1. The van der Waals surface area contributed by atoms with Crippen LogP contribution in [0, 0.1) is 12.7 Å². The number of halogens is 1. The lowest BCUT2D eigenvalue weighted by atomic mass is 9.98. The third-order valence-electron chi connectivity index (χ3n) is 4.42. The molecular weight excluding hydrogens is 343 g/mol. The normalized spacial score (nSPS) is 10.6. The molecule has 1 amide bonds. The van der Waals surface area contributed by atoms with Crippen LogP contribution in [0.2, 0.25) is 0 Å². The van der Waals surface area contributed by atoms with Gasteiger partial charge in [0, 0.05) is 24.8 Å². The maximum absolute atomic E-state index is 14.1. The molecule has 1 heterocycles. The maximum atomic E-state index is 14.1. The highest BCUT2D eigenvalue weighted by Gasteiger charge is 2.23. The zero-order chi connectivity index (χ0) is 19.2. The summed E-state index contributed by atoms with van der Waals surface area (Å²) in [5.74, 6) is -0.656. The fourth-order valence-electron chi connectivity index (χ4n) is 3.06. The molecule has 4 nitrogen and oxygen atoms in total. The van der Waals surface area contributed by atoms with E-state index in [-0.39, 0.29) is 31.4 Å². The summed E-state index contributed by atoms with van der Waals surface area (Å²) in [6.45, 7) is 1.75. The molecule has 3 aromatic rings. The van der Waals surface area contributed by atoms with Crippen molar-refractivity contribution in [2.75, 3.05) is 13.2 Å². The molecule has 3 rings (SSSR count). The quantitative estimate of drug-likeness (QED) is 0.723. The van der Waals surface area contributed by atoms with E-state index in [0.717, 1.165) is 11.1 Å². The lowest BCUT2D eigenvalue weighted by Gasteiger charge is -2.24. The highest BCUT2D eigenvalue weighted by atomic mass is 19.1. The predicted octanol–water partition coefficient (Wildman–Crippen LogP) is 3.83. The molecule has 1 aromatic heterocycles. The third kappa shape index (κ3) is 4.20. The SMILES string of the molecule is Cc1nccc(-c2ccccc2)c1C(=O)N(CCO)Cc1ccccc1F. The van der Waals surface area contributed by atoms with Crippen molar-refractivity contribution in [1.82, 2.24) is 9.88 Å². The number of aryl methyl sites for hydroxylation is 1. The Labute approximate surface area is 157 Å². The van der Waals surface area contributed by atoms with Crippen LogP contribution in [0.25, 0.3) is 11.1 Å². The standard InChI is InChI=1S/C22H21FN2O2/c1-16-21(19(11-12-24-16)17-7-3-2-4-8-17)22(27)25(13-14-26)15-18-9-5-6-10-20(18)23/h2-12,26H,13-15H2,1H3. The second kappa shape index (κ2) is 8.56. The first-order chi connectivity index (χ1) is 13.1. The Morgan fingerprint density at radius 1 is 1.07 bits per heavy atom. The number of rotatable bonds is 6. The number of pyridine rings is 1. The number of nitrogens with zero attached hydrogens (tertiary/aromatic N) is 2. The van der Waals surface area contributed by atoms with Crippen molar-refractivity contribution in [3.8, 4) is 11.1 Å². The van der Waals surface area contributed by atoms with Gasteiger partial charge in [-0.2, -0.15) is 0 Å². The second-order valence-electron chi connectivity index (χ2n) is 6.23. The number of aromatic nitrogens is 1. The van der Waals surface area contributed by atoms with Crippen LogP contribution in [0.3, 0.4) is 0 Å². The molecule has 5 heteroatoms. The smallest absolute Gasteiger partial charge is 0.256 e. The van der Waals surface area contributed by atoms with E-state index >= 15 is 0 Å². The van der Waals surface area contributed by atoms with Gasteiger partial charge in [-0.15, -0.1) is 0 Å². The lowest BCUT2D eigenvalue weighted by molar-refractivity contribution is 0.0705. The number of benzene rings is 2. The highest BCUT2D eigenvalue weighted by Crippen LogP contribution is 2.26. The first-order valence-corrected chi connectivity index (χ1v) is 8.76. The molecule has 0 atom stereocenters. The van der Waals surface area contributed by atoms with Crippen molar-refractivity contribution in [1.29, 1.82) is 0 Å². The lowest BCUT2D eigenvalue weighted by Crippen LogP contribution is -2.34. The Kier molecular flexibility index (Phi) is 5.94. The van der Waals surface area contributed by atoms with Crippen LogP contribution in [0.4, 0.5) is 4.39 Å². The van der Waals surface area contributed by atoms with E-state index in [1.165, 1.54) is 11.0 Å². The van der Waals surface area contributed by atoms with Gasteiger partial charge in [-0.25, -0.2) is 4.39 Å². The molecule has 0 unspecified atom stereocenters. The number of aliphatic hydroxyl groups excluding tert-OH is 1. The zero-order valence-electron chi connectivity index (χ0n) is 15.1. The van der Waals surface area contributed by atoms with E-state index in [2.05, 4.69) is 4.98 Å². The van der Waals surface area contributed by atoms with Gasteiger partial charge in [-0.3, -0.25) is 9.78 Å². The highest BCUT2D eigenvalue weighted by molar-refractivity contribution is 6.01. The van der Waals surface area contributed by atoms with Crippen LogP contribution >= 0.6 is 0 Å². The molecule has 0 saturated heterocycles. The van der Waals surface area contributed by atoms with Crippen LogP contribution in [0.5, 0.6) is 0 Å². The summed E-state index contributed by atoms with van der Waals surface area (Å²) >= 11 is 0. The topological polar surface area (TPSA) is 53.4 Å². The second-order valence-corrected chi connectivity index (χ2v) is 6.23. The van der Waals surface area contributed by atoms with E-state index in [0.29, 0.717) is 16.8 Å². The summed E-state index contributed by atoms with van der Waals surface area (Å²) in [5.41, 5.74) is 3.14. The predicted molar refractivity (Wildman–Crippen MR) is 103 cm³/mol. The molecule has 0 saturated carbocycles. The van der Waals surface area contributed by atoms with Crippen molar-refractivity contribution in [2.24, 2.45) is 0 Å². The Hall–Kier alpha value is -3.05. The van der Waals surface area contributed by atoms with Gasteiger partial charge in [0.05, 0.1) is 17.9 Å². The molecule has 1 N–H and O–H groups in total. The summed E-state index contributed by atoms with van der Waals surface area (Å²) in [7, 11) is 0. The van der Waals surface area contributed by atoms with E-state index in [1.54, 1.807) is 37.4 Å². The van der Waals surface area contributed by atoms with Crippen molar-refractivity contribution < 1.29 is 14.3 Å². The van der Waals surface area contributed by atoms with Gasteiger partial charge in [-0.05, 0) is 30.2 Å². The Morgan fingerprint density at radius 3 is 2.48 bits per heavy atom. The van der Waals surface area contributed by atoms with E-state index in [9.17, 15) is 14.3 Å². The number of carbonyl (C=O) groups is 1. The molecule has 27 heavy (non-hydrogen) atoms. The first-order valence-electron chi connectivity index (χ1n) is 8.76. The minimum absolute atomic E-state index is 0.0780. The molecule has 0 aliphatic heterocycles. The third-order valence-corrected chi connectivity index (χ3v) is 4.42. The number of amides is 1. The van der Waals surface area contributed by atoms with Gasteiger partial charge in [-0.1, -0.05) is 48.5 Å². The van der Waals surface area contributed by atoms with Gasteiger partial charge >= 0.3 is 0 Å². The fourth-order valence-corrected chi connectivity index (χ4v) is 3.06. The summed E-state index contributed by atoms with van der Waals surface area (Å²) < 4.78 is 14.1. The Balaban J connectivity index is 2.01. The Morgan fingerprint density at radius 2 is 1.78 bits per heavy atom. The van der Waals surface area contributed by atoms with Crippen LogP contribution in [-0.4, -0.2) is 34.0 Å². The summed E-state index contributed by atoms with van der Waals surface area (Å²) in [5, 5.41) is 9.43. The molecule has 0 aliphatic rings. The minimum Gasteiger partial charge on any atom is -0.395 e. The summed E-state index contributed by atoms with van der Waals surface area (Å²) in [6, 6.07) is 17.7. The average Bonchev–Trinajstić information content (AvgIpc) is 2.69. The average molecular weight is 364 g/mol. The summed E-state index contributed by atoms with van der Waals surface area (Å²) in [6.07, 6.45) is 1.67. The molecule has 0 fully saturated rings. The Bertz CT molecular complexity index is 929. The van der Waals surface area contributed by atoms with Crippen molar-refractivity contribution in [3.05, 3.63) is 89.5 Å². The molecule has 0 aliphatic carbocycles.